The maximum Gasteiger partial charge on any atom is 0.257 e. The number of nitrogens with one attached hydrogen (secondary N) is 2. The maximum atomic E-state index is 11.8. The molecule has 1 aliphatic rings. The van der Waals surface area contributed by atoms with Crippen molar-refractivity contribution in [1.29, 1.82) is 0 Å². The standard InChI is InChI=1S/C17H26N2O2/c1-3-10-18-13(2)15-6-4-5-7-16(15)21-12-17(20)19-11-14-8-9-14/h4-7,13-14,18H,3,8-12H2,1-2H3,(H,19,20). The van der Waals surface area contributed by atoms with E-state index in [0.29, 0.717) is 5.92 Å². The fourth-order valence-corrected chi connectivity index (χ4v) is 2.21. The van der Waals surface area contributed by atoms with Gasteiger partial charge in [-0.2, -0.15) is 0 Å². The molecule has 1 aromatic carbocycles. The van der Waals surface area contributed by atoms with E-state index in [4.69, 9.17) is 4.74 Å². The molecule has 1 amide bonds. The highest BCUT2D eigenvalue weighted by Crippen LogP contribution is 2.27. The number of hydrogen-bond donors (Lipinski definition) is 2. The minimum absolute atomic E-state index is 0.0362. The smallest absolute Gasteiger partial charge is 0.257 e. The van der Waals surface area contributed by atoms with Gasteiger partial charge in [-0.3, -0.25) is 4.79 Å². The Labute approximate surface area is 127 Å². The topological polar surface area (TPSA) is 50.4 Å². The van der Waals surface area contributed by atoms with Gasteiger partial charge in [0, 0.05) is 18.2 Å². The largest absolute Gasteiger partial charge is 0.483 e. The molecule has 0 aromatic heterocycles. The molecule has 4 heteroatoms. The zero-order valence-electron chi connectivity index (χ0n) is 13.0. The fraction of sp³-hybridized carbons (Fsp3) is 0.588. The van der Waals surface area contributed by atoms with Crippen LogP contribution in [0.1, 0.15) is 44.7 Å². The van der Waals surface area contributed by atoms with E-state index in [1.807, 2.05) is 24.3 Å². The highest BCUT2D eigenvalue weighted by molar-refractivity contribution is 5.77. The van der Waals surface area contributed by atoms with Crippen LogP contribution in [-0.4, -0.2) is 25.6 Å². The van der Waals surface area contributed by atoms with Crippen LogP contribution in [0.25, 0.3) is 0 Å². The second-order valence-corrected chi connectivity index (χ2v) is 5.75. The van der Waals surface area contributed by atoms with Crippen molar-refractivity contribution in [3.63, 3.8) is 0 Å². The van der Waals surface area contributed by atoms with Crippen molar-refractivity contribution in [2.75, 3.05) is 19.7 Å². The molecule has 1 saturated carbocycles. The average molecular weight is 290 g/mol. The Morgan fingerprint density at radius 3 is 2.86 bits per heavy atom. The molecular weight excluding hydrogens is 264 g/mol. The van der Waals surface area contributed by atoms with E-state index in [0.717, 1.165) is 30.8 Å². The van der Waals surface area contributed by atoms with Gasteiger partial charge in [-0.25, -0.2) is 0 Å². The van der Waals surface area contributed by atoms with E-state index in [2.05, 4.69) is 24.5 Å². The van der Waals surface area contributed by atoms with Crippen LogP contribution in [-0.2, 0) is 4.79 Å². The molecule has 1 atom stereocenters. The summed E-state index contributed by atoms with van der Waals surface area (Å²) in [6.45, 7) is 6.11. The molecule has 21 heavy (non-hydrogen) atoms. The first-order chi connectivity index (χ1) is 10.2. The summed E-state index contributed by atoms with van der Waals surface area (Å²) in [7, 11) is 0. The van der Waals surface area contributed by atoms with Crippen LogP contribution in [0.2, 0.25) is 0 Å². The number of para-hydroxylation sites is 1. The predicted octanol–water partition coefficient (Wildman–Crippen LogP) is 2.65. The van der Waals surface area contributed by atoms with E-state index < -0.39 is 0 Å². The summed E-state index contributed by atoms with van der Waals surface area (Å²) in [5, 5.41) is 6.36. The number of carbonyl (C=O) groups is 1. The van der Waals surface area contributed by atoms with E-state index in [1.165, 1.54) is 12.8 Å². The van der Waals surface area contributed by atoms with Gasteiger partial charge in [0.15, 0.2) is 6.61 Å². The van der Waals surface area contributed by atoms with Crippen molar-refractivity contribution in [2.24, 2.45) is 5.92 Å². The summed E-state index contributed by atoms with van der Waals surface area (Å²) < 4.78 is 5.70. The maximum absolute atomic E-state index is 11.8. The van der Waals surface area contributed by atoms with Crippen molar-refractivity contribution in [2.45, 2.75) is 39.2 Å². The Kier molecular flexibility index (Phi) is 6.05. The molecule has 1 fully saturated rings. The summed E-state index contributed by atoms with van der Waals surface area (Å²) in [6, 6.07) is 8.13. The number of amides is 1. The van der Waals surface area contributed by atoms with Crippen LogP contribution in [0.5, 0.6) is 5.75 Å². The molecule has 1 aromatic rings. The van der Waals surface area contributed by atoms with Crippen LogP contribution in [0, 0.1) is 5.92 Å². The van der Waals surface area contributed by atoms with Crippen LogP contribution in [0.3, 0.4) is 0 Å². The molecule has 2 rings (SSSR count). The van der Waals surface area contributed by atoms with Gasteiger partial charge >= 0.3 is 0 Å². The molecule has 0 saturated heterocycles. The summed E-state index contributed by atoms with van der Waals surface area (Å²) in [5.74, 6) is 1.44. The minimum Gasteiger partial charge on any atom is -0.483 e. The van der Waals surface area contributed by atoms with Gasteiger partial charge in [0.05, 0.1) is 0 Å². The molecular formula is C17H26N2O2. The number of rotatable bonds is 9. The lowest BCUT2D eigenvalue weighted by molar-refractivity contribution is -0.123. The van der Waals surface area contributed by atoms with Crippen LogP contribution < -0.4 is 15.4 Å². The minimum atomic E-state index is -0.0362. The predicted molar refractivity (Wildman–Crippen MR) is 84.4 cm³/mol. The van der Waals surface area contributed by atoms with Crippen molar-refractivity contribution in [1.82, 2.24) is 10.6 Å². The second kappa shape index (κ2) is 8.03. The summed E-state index contributed by atoms with van der Waals surface area (Å²) >= 11 is 0. The molecule has 4 nitrogen and oxygen atoms in total. The van der Waals surface area contributed by atoms with Crippen molar-refractivity contribution in [3.8, 4) is 5.75 Å². The van der Waals surface area contributed by atoms with Gasteiger partial charge in [0.25, 0.3) is 5.91 Å². The van der Waals surface area contributed by atoms with Crippen molar-refractivity contribution < 1.29 is 9.53 Å². The fourth-order valence-electron chi connectivity index (χ4n) is 2.21. The molecule has 0 heterocycles. The number of benzene rings is 1. The number of ether oxygens (including phenoxy) is 1. The zero-order chi connectivity index (χ0) is 15.1. The molecule has 116 valence electrons. The Morgan fingerprint density at radius 1 is 1.38 bits per heavy atom. The monoisotopic (exact) mass is 290 g/mol. The first-order valence-electron chi connectivity index (χ1n) is 7.92. The van der Waals surface area contributed by atoms with Gasteiger partial charge in [-0.05, 0) is 44.7 Å². The summed E-state index contributed by atoms with van der Waals surface area (Å²) in [6.07, 6.45) is 3.58. The lowest BCUT2D eigenvalue weighted by Gasteiger charge is -2.18. The quantitative estimate of drug-likeness (QED) is 0.735. The van der Waals surface area contributed by atoms with Gasteiger partial charge in [0.1, 0.15) is 5.75 Å². The third-order valence-electron chi connectivity index (χ3n) is 3.73. The van der Waals surface area contributed by atoms with Crippen molar-refractivity contribution >= 4 is 5.91 Å². The third-order valence-corrected chi connectivity index (χ3v) is 3.73. The van der Waals surface area contributed by atoms with Gasteiger partial charge in [-0.15, -0.1) is 0 Å². The SMILES string of the molecule is CCCNC(C)c1ccccc1OCC(=O)NCC1CC1. The van der Waals surface area contributed by atoms with Crippen molar-refractivity contribution in [3.05, 3.63) is 29.8 Å². The third kappa shape index (κ3) is 5.38. The molecule has 2 N–H and O–H groups in total. The Hall–Kier alpha value is -1.55. The van der Waals surface area contributed by atoms with Gasteiger partial charge in [0.2, 0.25) is 0 Å². The first kappa shape index (κ1) is 15.8. The van der Waals surface area contributed by atoms with Crippen LogP contribution >= 0.6 is 0 Å². The lowest BCUT2D eigenvalue weighted by Crippen LogP contribution is -2.30. The highest BCUT2D eigenvalue weighted by Gasteiger charge is 2.21. The van der Waals surface area contributed by atoms with Crippen LogP contribution in [0.4, 0.5) is 0 Å². The summed E-state index contributed by atoms with van der Waals surface area (Å²) in [4.78, 5) is 11.8. The number of hydrogen-bond acceptors (Lipinski definition) is 3. The zero-order valence-corrected chi connectivity index (χ0v) is 13.0. The second-order valence-electron chi connectivity index (χ2n) is 5.75. The molecule has 1 unspecified atom stereocenters. The molecule has 0 bridgehead atoms. The number of carbonyl (C=O) groups excluding carboxylic acids is 1. The molecule has 0 radical (unpaired) electrons. The molecule has 0 spiro atoms. The summed E-state index contributed by atoms with van der Waals surface area (Å²) in [5.41, 5.74) is 1.10. The van der Waals surface area contributed by atoms with Gasteiger partial charge in [-0.1, -0.05) is 25.1 Å². The molecule has 0 aliphatic heterocycles. The molecule has 1 aliphatic carbocycles. The Bertz CT molecular complexity index is 458. The van der Waals surface area contributed by atoms with E-state index in [1.54, 1.807) is 0 Å². The van der Waals surface area contributed by atoms with E-state index >= 15 is 0 Å². The highest BCUT2D eigenvalue weighted by atomic mass is 16.5. The van der Waals surface area contributed by atoms with Crippen LogP contribution in [0.15, 0.2) is 24.3 Å². The van der Waals surface area contributed by atoms with E-state index in [-0.39, 0.29) is 18.6 Å². The lowest BCUT2D eigenvalue weighted by atomic mass is 10.1. The van der Waals surface area contributed by atoms with E-state index in [9.17, 15) is 4.79 Å². The average Bonchev–Trinajstić information content (AvgIpc) is 3.33. The normalized spacial score (nSPS) is 15.5. The Balaban J connectivity index is 1.84. The van der Waals surface area contributed by atoms with Gasteiger partial charge < -0.3 is 15.4 Å². The first-order valence-corrected chi connectivity index (χ1v) is 7.92. The Morgan fingerprint density at radius 2 is 2.14 bits per heavy atom.